The van der Waals surface area contributed by atoms with Crippen LogP contribution in [0.15, 0.2) is 30.3 Å². The van der Waals surface area contributed by atoms with Crippen LogP contribution in [-0.4, -0.2) is 30.3 Å². The second-order valence-electron chi connectivity index (χ2n) is 4.45. The standard InChI is InChI=1S/C13H20N2O2/c16-9-13-7-6-12(8-14-13)15-17-10-11-4-2-1-3-5-11/h1-5,12-16H,6-10H2/t12-,13+/m1/s1. The van der Waals surface area contributed by atoms with Crippen molar-refractivity contribution in [1.29, 1.82) is 0 Å². The Hall–Kier alpha value is -0.940. The molecule has 3 N–H and O–H groups in total. The summed E-state index contributed by atoms with van der Waals surface area (Å²) < 4.78 is 0. The molecule has 94 valence electrons. The highest BCUT2D eigenvalue weighted by Gasteiger charge is 2.19. The van der Waals surface area contributed by atoms with E-state index in [0.717, 1.165) is 24.9 Å². The van der Waals surface area contributed by atoms with Gasteiger partial charge in [0.2, 0.25) is 0 Å². The maximum atomic E-state index is 8.99. The van der Waals surface area contributed by atoms with Crippen molar-refractivity contribution < 1.29 is 9.94 Å². The summed E-state index contributed by atoms with van der Waals surface area (Å²) in [5, 5.41) is 12.3. The molecule has 2 atom stereocenters. The first kappa shape index (κ1) is 12.5. The molecule has 0 spiro atoms. The van der Waals surface area contributed by atoms with Gasteiger partial charge in [-0.05, 0) is 18.4 Å². The zero-order valence-electron chi connectivity index (χ0n) is 9.93. The average molecular weight is 236 g/mol. The lowest BCUT2D eigenvalue weighted by Crippen LogP contribution is -2.48. The Morgan fingerprint density at radius 3 is 2.76 bits per heavy atom. The Morgan fingerprint density at radius 2 is 2.12 bits per heavy atom. The fraction of sp³-hybridized carbons (Fsp3) is 0.538. The van der Waals surface area contributed by atoms with Crippen LogP contribution < -0.4 is 10.8 Å². The van der Waals surface area contributed by atoms with Gasteiger partial charge in [0.05, 0.1) is 13.2 Å². The molecule has 1 aliphatic heterocycles. The van der Waals surface area contributed by atoms with Crippen LogP contribution >= 0.6 is 0 Å². The van der Waals surface area contributed by atoms with E-state index >= 15 is 0 Å². The molecule has 0 radical (unpaired) electrons. The number of aliphatic hydroxyl groups is 1. The summed E-state index contributed by atoms with van der Waals surface area (Å²) in [5.74, 6) is 0. The van der Waals surface area contributed by atoms with Crippen molar-refractivity contribution in [2.75, 3.05) is 13.2 Å². The third-order valence-corrected chi connectivity index (χ3v) is 3.07. The summed E-state index contributed by atoms with van der Waals surface area (Å²) in [5.41, 5.74) is 4.23. The lowest BCUT2D eigenvalue weighted by Gasteiger charge is -2.28. The molecule has 4 nitrogen and oxygen atoms in total. The first-order valence-corrected chi connectivity index (χ1v) is 6.14. The molecular weight excluding hydrogens is 216 g/mol. The van der Waals surface area contributed by atoms with Gasteiger partial charge >= 0.3 is 0 Å². The van der Waals surface area contributed by atoms with Crippen LogP contribution in [0, 0.1) is 0 Å². The van der Waals surface area contributed by atoms with E-state index in [-0.39, 0.29) is 12.6 Å². The highest BCUT2D eigenvalue weighted by Crippen LogP contribution is 2.08. The van der Waals surface area contributed by atoms with E-state index in [1.807, 2.05) is 30.3 Å². The topological polar surface area (TPSA) is 53.5 Å². The van der Waals surface area contributed by atoms with Gasteiger partial charge in [-0.25, -0.2) is 0 Å². The molecule has 0 bridgehead atoms. The van der Waals surface area contributed by atoms with E-state index in [2.05, 4.69) is 10.8 Å². The molecule has 1 fully saturated rings. The maximum Gasteiger partial charge on any atom is 0.0933 e. The second-order valence-corrected chi connectivity index (χ2v) is 4.45. The van der Waals surface area contributed by atoms with Gasteiger partial charge in [-0.15, -0.1) is 0 Å². The summed E-state index contributed by atoms with van der Waals surface area (Å²) in [6.45, 7) is 1.65. The fourth-order valence-corrected chi connectivity index (χ4v) is 1.99. The number of hydrogen-bond acceptors (Lipinski definition) is 4. The smallest absolute Gasteiger partial charge is 0.0933 e. The molecule has 17 heavy (non-hydrogen) atoms. The molecule has 1 saturated heterocycles. The number of nitrogens with one attached hydrogen (secondary N) is 2. The van der Waals surface area contributed by atoms with Crippen LogP contribution in [0.25, 0.3) is 0 Å². The van der Waals surface area contributed by atoms with Crippen LogP contribution in [0.2, 0.25) is 0 Å². The molecule has 2 rings (SSSR count). The number of benzene rings is 1. The Labute approximate surface area is 102 Å². The monoisotopic (exact) mass is 236 g/mol. The highest BCUT2D eigenvalue weighted by molar-refractivity contribution is 5.13. The van der Waals surface area contributed by atoms with E-state index in [1.165, 1.54) is 0 Å². The van der Waals surface area contributed by atoms with E-state index < -0.39 is 0 Å². The summed E-state index contributed by atoms with van der Waals surface area (Å²) in [4.78, 5) is 5.48. The zero-order chi connectivity index (χ0) is 11.9. The number of rotatable bonds is 5. The summed E-state index contributed by atoms with van der Waals surface area (Å²) in [6.07, 6.45) is 2.02. The van der Waals surface area contributed by atoms with Crippen molar-refractivity contribution in [3.63, 3.8) is 0 Å². The molecular formula is C13H20N2O2. The SMILES string of the molecule is OC[C@@H]1CC[C@@H](NOCc2ccccc2)CN1. The van der Waals surface area contributed by atoms with Crippen molar-refractivity contribution in [1.82, 2.24) is 10.8 Å². The predicted octanol–water partition coefficient (Wildman–Crippen LogP) is 0.821. The van der Waals surface area contributed by atoms with Crippen molar-refractivity contribution >= 4 is 0 Å². The maximum absolute atomic E-state index is 8.99. The van der Waals surface area contributed by atoms with E-state index in [1.54, 1.807) is 0 Å². The minimum atomic E-state index is 0.220. The van der Waals surface area contributed by atoms with Gasteiger partial charge in [0.15, 0.2) is 0 Å². The van der Waals surface area contributed by atoms with Crippen molar-refractivity contribution in [2.45, 2.75) is 31.5 Å². The predicted molar refractivity (Wildman–Crippen MR) is 66.3 cm³/mol. The minimum Gasteiger partial charge on any atom is -0.395 e. The molecule has 1 aliphatic rings. The third kappa shape index (κ3) is 4.09. The van der Waals surface area contributed by atoms with Crippen LogP contribution in [0.3, 0.4) is 0 Å². The number of piperidine rings is 1. The van der Waals surface area contributed by atoms with Crippen LogP contribution in [0.5, 0.6) is 0 Å². The summed E-state index contributed by atoms with van der Waals surface area (Å²) >= 11 is 0. The molecule has 0 saturated carbocycles. The summed E-state index contributed by atoms with van der Waals surface area (Å²) in [6, 6.07) is 10.7. The minimum absolute atomic E-state index is 0.220. The lowest BCUT2D eigenvalue weighted by molar-refractivity contribution is -0.00534. The van der Waals surface area contributed by atoms with Crippen LogP contribution in [-0.2, 0) is 11.4 Å². The molecule has 0 aliphatic carbocycles. The molecule has 1 heterocycles. The first-order valence-electron chi connectivity index (χ1n) is 6.14. The lowest BCUT2D eigenvalue weighted by atomic mass is 10.0. The van der Waals surface area contributed by atoms with Crippen molar-refractivity contribution in [2.24, 2.45) is 0 Å². The summed E-state index contributed by atoms with van der Waals surface area (Å²) in [7, 11) is 0. The molecule has 0 unspecified atom stereocenters. The van der Waals surface area contributed by atoms with Crippen LogP contribution in [0.4, 0.5) is 0 Å². The van der Waals surface area contributed by atoms with Gasteiger partial charge in [0.25, 0.3) is 0 Å². The largest absolute Gasteiger partial charge is 0.395 e. The Kier molecular flexibility index (Phi) is 4.94. The molecule has 1 aromatic carbocycles. The number of hydrogen-bond donors (Lipinski definition) is 3. The molecule has 1 aromatic rings. The number of hydroxylamine groups is 1. The van der Waals surface area contributed by atoms with Crippen molar-refractivity contribution in [3.8, 4) is 0 Å². The zero-order valence-corrected chi connectivity index (χ0v) is 9.93. The van der Waals surface area contributed by atoms with E-state index in [4.69, 9.17) is 9.94 Å². The normalized spacial score (nSPS) is 24.8. The Morgan fingerprint density at radius 1 is 1.29 bits per heavy atom. The highest BCUT2D eigenvalue weighted by atomic mass is 16.6. The van der Waals surface area contributed by atoms with E-state index in [9.17, 15) is 0 Å². The Bertz CT molecular complexity index is 310. The van der Waals surface area contributed by atoms with E-state index in [0.29, 0.717) is 12.6 Å². The first-order chi connectivity index (χ1) is 8.38. The van der Waals surface area contributed by atoms with Gasteiger partial charge in [-0.1, -0.05) is 30.3 Å². The van der Waals surface area contributed by atoms with Gasteiger partial charge in [-0.3, -0.25) is 4.84 Å². The van der Waals surface area contributed by atoms with Gasteiger partial charge in [0.1, 0.15) is 0 Å². The molecule has 0 amide bonds. The molecule has 4 heteroatoms. The Balaban J connectivity index is 1.63. The van der Waals surface area contributed by atoms with Crippen LogP contribution in [0.1, 0.15) is 18.4 Å². The van der Waals surface area contributed by atoms with Gasteiger partial charge in [0, 0.05) is 18.6 Å². The molecule has 0 aromatic heterocycles. The number of aliphatic hydroxyl groups excluding tert-OH is 1. The van der Waals surface area contributed by atoms with Gasteiger partial charge in [-0.2, -0.15) is 5.48 Å². The third-order valence-electron chi connectivity index (χ3n) is 3.07. The van der Waals surface area contributed by atoms with Gasteiger partial charge < -0.3 is 10.4 Å². The quantitative estimate of drug-likeness (QED) is 0.663. The van der Waals surface area contributed by atoms with Crippen molar-refractivity contribution in [3.05, 3.63) is 35.9 Å². The average Bonchev–Trinajstić information content (AvgIpc) is 2.41. The fourth-order valence-electron chi connectivity index (χ4n) is 1.99. The second kappa shape index (κ2) is 6.71.